The van der Waals surface area contributed by atoms with Crippen LogP contribution in [-0.4, -0.2) is 18.7 Å². The molecule has 2 atom stereocenters. The fourth-order valence-electron chi connectivity index (χ4n) is 2.16. The number of rotatable bonds is 4. The van der Waals surface area contributed by atoms with Crippen LogP contribution in [-0.2, 0) is 0 Å². The Morgan fingerprint density at radius 3 is 3.00 bits per heavy atom. The van der Waals surface area contributed by atoms with Crippen LogP contribution >= 0.6 is 11.6 Å². The summed E-state index contributed by atoms with van der Waals surface area (Å²) < 4.78 is 5.84. The van der Waals surface area contributed by atoms with Gasteiger partial charge in [-0.15, -0.1) is 0 Å². The smallest absolute Gasteiger partial charge is 0.138 e. The van der Waals surface area contributed by atoms with E-state index in [4.69, 9.17) is 16.3 Å². The highest BCUT2D eigenvalue weighted by atomic mass is 35.5. The van der Waals surface area contributed by atoms with Gasteiger partial charge in [-0.05, 0) is 44.9 Å². The van der Waals surface area contributed by atoms with E-state index in [1.165, 1.54) is 12.8 Å². The van der Waals surface area contributed by atoms with Crippen molar-refractivity contribution >= 4 is 11.6 Å². The van der Waals surface area contributed by atoms with Gasteiger partial charge < -0.3 is 10.1 Å². The summed E-state index contributed by atoms with van der Waals surface area (Å²) >= 11 is 6.04. The molecule has 0 amide bonds. The van der Waals surface area contributed by atoms with E-state index < -0.39 is 0 Å². The molecule has 0 saturated carbocycles. The quantitative estimate of drug-likeness (QED) is 0.871. The van der Waals surface area contributed by atoms with Gasteiger partial charge in [0.05, 0.1) is 11.1 Å². The van der Waals surface area contributed by atoms with Crippen LogP contribution < -0.4 is 10.1 Å². The summed E-state index contributed by atoms with van der Waals surface area (Å²) in [6.07, 6.45) is 3.79. The van der Waals surface area contributed by atoms with Crippen LogP contribution in [0.5, 0.6) is 5.75 Å². The first-order valence-electron chi connectivity index (χ1n) is 5.90. The van der Waals surface area contributed by atoms with Gasteiger partial charge in [0.15, 0.2) is 0 Å². The minimum Gasteiger partial charge on any atom is -0.489 e. The van der Waals surface area contributed by atoms with Gasteiger partial charge in [-0.2, -0.15) is 0 Å². The standard InChI is InChI=1S/C13H18ClNO/c1-10(9-11-5-4-8-15-11)16-13-7-3-2-6-12(13)14/h2-3,6-7,10-11,15H,4-5,8-9H2,1H3. The number of benzene rings is 1. The molecule has 1 N–H and O–H groups in total. The minimum absolute atomic E-state index is 0.204. The number of hydrogen-bond acceptors (Lipinski definition) is 2. The Kier molecular flexibility index (Phi) is 4.08. The first kappa shape index (κ1) is 11.7. The van der Waals surface area contributed by atoms with E-state index in [-0.39, 0.29) is 6.10 Å². The Labute approximate surface area is 102 Å². The summed E-state index contributed by atoms with van der Waals surface area (Å²) in [6.45, 7) is 3.24. The predicted molar refractivity (Wildman–Crippen MR) is 67.2 cm³/mol. The van der Waals surface area contributed by atoms with Crippen LogP contribution in [0.3, 0.4) is 0 Å². The maximum Gasteiger partial charge on any atom is 0.138 e. The lowest BCUT2D eigenvalue weighted by molar-refractivity contribution is 0.197. The van der Waals surface area contributed by atoms with Crippen LogP contribution in [0.15, 0.2) is 24.3 Å². The van der Waals surface area contributed by atoms with Crippen LogP contribution in [0.1, 0.15) is 26.2 Å². The molecule has 16 heavy (non-hydrogen) atoms. The third-order valence-corrected chi connectivity index (χ3v) is 3.26. The van der Waals surface area contributed by atoms with Crippen molar-refractivity contribution in [1.29, 1.82) is 0 Å². The van der Waals surface area contributed by atoms with Gasteiger partial charge in [-0.3, -0.25) is 0 Å². The highest BCUT2D eigenvalue weighted by Crippen LogP contribution is 2.25. The first-order chi connectivity index (χ1) is 7.75. The second-order valence-corrected chi connectivity index (χ2v) is 4.80. The third kappa shape index (κ3) is 3.13. The molecule has 1 aromatic rings. The summed E-state index contributed by atoms with van der Waals surface area (Å²) in [5.74, 6) is 0.787. The Balaban J connectivity index is 1.86. The molecule has 0 aliphatic carbocycles. The molecule has 2 rings (SSSR count). The molecule has 0 bridgehead atoms. The fourth-order valence-corrected chi connectivity index (χ4v) is 2.34. The molecule has 0 aromatic heterocycles. The second-order valence-electron chi connectivity index (χ2n) is 4.39. The molecule has 1 saturated heterocycles. The summed E-state index contributed by atoms with van der Waals surface area (Å²) in [5.41, 5.74) is 0. The fraction of sp³-hybridized carbons (Fsp3) is 0.538. The lowest BCUT2D eigenvalue weighted by Crippen LogP contribution is -2.28. The van der Waals surface area contributed by atoms with Gasteiger partial charge in [0.25, 0.3) is 0 Å². The van der Waals surface area contributed by atoms with Gasteiger partial charge in [0.2, 0.25) is 0 Å². The number of hydrogen-bond donors (Lipinski definition) is 1. The zero-order valence-corrected chi connectivity index (χ0v) is 10.3. The van der Waals surface area contributed by atoms with Crippen molar-refractivity contribution in [3.8, 4) is 5.75 Å². The van der Waals surface area contributed by atoms with Crippen molar-refractivity contribution in [3.05, 3.63) is 29.3 Å². The average Bonchev–Trinajstić information content (AvgIpc) is 2.74. The maximum absolute atomic E-state index is 6.04. The van der Waals surface area contributed by atoms with E-state index in [0.29, 0.717) is 11.1 Å². The third-order valence-electron chi connectivity index (χ3n) is 2.94. The molecule has 3 heteroatoms. The van der Waals surface area contributed by atoms with E-state index in [9.17, 15) is 0 Å². The average molecular weight is 240 g/mol. The molecule has 0 spiro atoms. The molecular formula is C13H18ClNO. The normalized spacial score (nSPS) is 22.0. The Bertz CT molecular complexity index is 336. The zero-order valence-electron chi connectivity index (χ0n) is 9.58. The van der Waals surface area contributed by atoms with Crippen LogP contribution in [0.25, 0.3) is 0 Å². The van der Waals surface area contributed by atoms with Gasteiger partial charge in [-0.25, -0.2) is 0 Å². The number of para-hydroxylation sites is 1. The van der Waals surface area contributed by atoms with E-state index in [1.54, 1.807) is 0 Å². The number of ether oxygens (including phenoxy) is 1. The predicted octanol–water partition coefficient (Wildman–Crippen LogP) is 3.25. The van der Waals surface area contributed by atoms with E-state index in [2.05, 4.69) is 12.2 Å². The molecule has 0 radical (unpaired) electrons. The molecule has 1 aliphatic rings. The molecule has 1 aliphatic heterocycles. The van der Waals surface area contributed by atoms with Crippen molar-refractivity contribution < 1.29 is 4.74 Å². The monoisotopic (exact) mass is 239 g/mol. The van der Waals surface area contributed by atoms with Crippen molar-refractivity contribution in [2.75, 3.05) is 6.54 Å². The van der Waals surface area contributed by atoms with Crippen molar-refractivity contribution in [1.82, 2.24) is 5.32 Å². The lowest BCUT2D eigenvalue weighted by Gasteiger charge is -2.19. The SMILES string of the molecule is CC(CC1CCCN1)Oc1ccccc1Cl. The highest BCUT2D eigenvalue weighted by molar-refractivity contribution is 6.32. The van der Waals surface area contributed by atoms with Crippen LogP contribution in [0.2, 0.25) is 5.02 Å². The molecule has 88 valence electrons. The van der Waals surface area contributed by atoms with E-state index in [0.717, 1.165) is 18.7 Å². The number of nitrogens with one attached hydrogen (secondary N) is 1. The largest absolute Gasteiger partial charge is 0.489 e. The van der Waals surface area contributed by atoms with Crippen molar-refractivity contribution in [2.24, 2.45) is 0 Å². The molecule has 2 nitrogen and oxygen atoms in total. The number of halogens is 1. The van der Waals surface area contributed by atoms with E-state index in [1.807, 2.05) is 24.3 Å². The maximum atomic E-state index is 6.04. The molecule has 1 aromatic carbocycles. The highest BCUT2D eigenvalue weighted by Gasteiger charge is 2.18. The second kappa shape index (κ2) is 5.55. The van der Waals surface area contributed by atoms with E-state index >= 15 is 0 Å². The summed E-state index contributed by atoms with van der Waals surface area (Å²) in [7, 11) is 0. The molecule has 2 unspecified atom stereocenters. The molecule has 1 heterocycles. The van der Waals surface area contributed by atoms with Gasteiger partial charge in [0, 0.05) is 6.04 Å². The summed E-state index contributed by atoms with van der Waals surface area (Å²) in [4.78, 5) is 0. The topological polar surface area (TPSA) is 21.3 Å². The Morgan fingerprint density at radius 1 is 1.50 bits per heavy atom. The van der Waals surface area contributed by atoms with Crippen molar-refractivity contribution in [3.63, 3.8) is 0 Å². The Morgan fingerprint density at radius 2 is 2.31 bits per heavy atom. The zero-order chi connectivity index (χ0) is 11.4. The van der Waals surface area contributed by atoms with Gasteiger partial charge in [-0.1, -0.05) is 23.7 Å². The first-order valence-corrected chi connectivity index (χ1v) is 6.28. The Hall–Kier alpha value is -0.730. The summed E-state index contributed by atoms with van der Waals surface area (Å²) in [6, 6.07) is 8.25. The van der Waals surface area contributed by atoms with Crippen LogP contribution in [0, 0.1) is 0 Å². The van der Waals surface area contributed by atoms with Crippen molar-refractivity contribution in [2.45, 2.75) is 38.3 Å². The lowest BCUT2D eigenvalue weighted by atomic mass is 10.1. The molecule has 1 fully saturated rings. The van der Waals surface area contributed by atoms with Gasteiger partial charge in [0.1, 0.15) is 5.75 Å². The minimum atomic E-state index is 0.204. The molecular weight excluding hydrogens is 222 g/mol. The summed E-state index contributed by atoms with van der Waals surface area (Å²) in [5, 5.41) is 4.16. The van der Waals surface area contributed by atoms with Gasteiger partial charge >= 0.3 is 0 Å². The van der Waals surface area contributed by atoms with Crippen LogP contribution in [0.4, 0.5) is 0 Å².